The van der Waals surface area contributed by atoms with E-state index in [-0.39, 0.29) is 0 Å². The minimum Gasteiger partial charge on any atom is -0.313 e. The van der Waals surface area contributed by atoms with Crippen molar-refractivity contribution in [3.05, 3.63) is 29.6 Å². The van der Waals surface area contributed by atoms with E-state index in [9.17, 15) is 0 Å². The fourth-order valence-electron chi connectivity index (χ4n) is 1.65. The normalized spacial score (nSPS) is 15.8. The number of hydrogen-bond donors (Lipinski definition) is 1. The van der Waals surface area contributed by atoms with Crippen molar-refractivity contribution in [3.63, 3.8) is 0 Å². The maximum Gasteiger partial charge on any atom is 0.0313 e. The van der Waals surface area contributed by atoms with Gasteiger partial charge in [0.1, 0.15) is 0 Å². The molecule has 0 saturated heterocycles. The zero-order valence-electron chi connectivity index (χ0n) is 8.79. The quantitative estimate of drug-likeness (QED) is 0.721. The molecule has 0 aliphatic heterocycles. The van der Waals surface area contributed by atoms with Crippen molar-refractivity contribution in [1.29, 1.82) is 0 Å². The molecule has 1 fully saturated rings. The van der Waals surface area contributed by atoms with Gasteiger partial charge in [0.05, 0.1) is 0 Å². The van der Waals surface area contributed by atoms with Gasteiger partial charge in [-0.1, -0.05) is 13.0 Å². The van der Waals surface area contributed by atoms with E-state index in [0.717, 1.165) is 19.0 Å². The van der Waals surface area contributed by atoms with Crippen molar-refractivity contribution in [2.45, 2.75) is 38.6 Å². The maximum atomic E-state index is 4.28. The summed E-state index contributed by atoms with van der Waals surface area (Å²) >= 11 is 0. The van der Waals surface area contributed by atoms with Crippen LogP contribution in [0.15, 0.2) is 18.5 Å². The van der Waals surface area contributed by atoms with E-state index in [4.69, 9.17) is 0 Å². The number of aromatic nitrogens is 1. The Morgan fingerprint density at radius 1 is 1.43 bits per heavy atom. The second-order valence-corrected chi connectivity index (χ2v) is 4.08. The largest absolute Gasteiger partial charge is 0.313 e. The molecule has 0 aromatic carbocycles. The van der Waals surface area contributed by atoms with Gasteiger partial charge < -0.3 is 5.32 Å². The van der Waals surface area contributed by atoms with Gasteiger partial charge in [-0.3, -0.25) is 4.98 Å². The van der Waals surface area contributed by atoms with Crippen LogP contribution in [0.3, 0.4) is 0 Å². The summed E-state index contributed by atoms with van der Waals surface area (Å²) in [4.78, 5) is 4.28. The van der Waals surface area contributed by atoms with E-state index in [1.807, 2.05) is 12.4 Å². The third kappa shape index (κ3) is 2.55. The average molecular weight is 190 g/mol. The van der Waals surface area contributed by atoms with Crippen molar-refractivity contribution >= 4 is 0 Å². The summed E-state index contributed by atoms with van der Waals surface area (Å²) in [7, 11) is 0. The van der Waals surface area contributed by atoms with Crippen LogP contribution in [0.4, 0.5) is 0 Å². The smallest absolute Gasteiger partial charge is 0.0313 e. The molecule has 0 unspecified atom stereocenters. The van der Waals surface area contributed by atoms with Gasteiger partial charge in [0, 0.05) is 18.9 Å². The lowest BCUT2D eigenvalue weighted by Crippen LogP contribution is -2.14. The molecule has 0 amide bonds. The summed E-state index contributed by atoms with van der Waals surface area (Å²) in [6.45, 7) is 4.24. The molecule has 1 N–H and O–H groups in total. The van der Waals surface area contributed by atoms with Crippen LogP contribution in [0, 0.1) is 0 Å². The average Bonchev–Trinajstić information content (AvgIpc) is 3.02. The van der Waals surface area contributed by atoms with E-state index in [1.165, 1.54) is 30.4 Å². The van der Waals surface area contributed by atoms with Gasteiger partial charge in [0.25, 0.3) is 0 Å². The van der Waals surface area contributed by atoms with Gasteiger partial charge in [-0.15, -0.1) is 0 Å². The first-order valence-corrected chi connectivity index (χ1v) is 5.54. The number of nitrogens with zero attached hydrogens (tertiary/aromatic N) is 1. The zero-order valence-corrected chi connectivity index (χ0v) is 8.79. The van der Waals surface area contributed by atoms with Gasteiger partial charge >= 0.3 is 0 Å². The number of pyridine rings is 1. The Balaban J connectivity index is 1.92. The summed E-state index contributed by atoms with van der Waals surface area (Å²) in [5, 5.41) is 3.40. The second-order valence-electron chi connectivity index (χ2n) is 4.08. The number of nitrogens with one attached hydrogen (secondary N) is 1. The standard InChI is InChI=1S/C12H18N2/c1-2-5-13-7-10-6-12(9-14-8-10)11-3-4-11/h6,8-9,11,13H,2-5,7H2,1H3. The van der Waals surface area contributed by atoms with Crippen molar-refractivity contribution in [3.8, 4) is 0 Å². The Labute approximate surface area is 85.7 Å². The SMILES string of the molecule is CCCNCc1cncc(C2CC2)c1. The lowest BCUT2D eigenvalue weighted by atomic mass is 10.1. The van der Waals surface area contributed by atoms with Gasteiger partial charge in [0.2, 0.25) is 0 Å². The molecule has 0 atom stereocenters. The van der Waals surface area contributed by atoms with E-state index in [2.05, 4.69) is 23.3 Å². The van der Waals surface area contributed by atoms with E-state index in [1.54, 1.807) is 0 Å². The molecule has 1 saturated carbocycles. The fourth-order valence-corrected chi connectivity index (χ4v) is 1.65. The summed E-state index contributed by atoms with van der Waals surface area (Å²) < 4.78 is 0. The molecular formula is C12H18N2. The Morgan fingerprint density at radius 2 is 2.29 bits per heavy atom. The van der Waals surface area contributed by atoms with Crippen LogP contribution in [0.2, 0.25) is 0 Å². The van der Waals surface area contributed by atoms with Gasteiger partial charge in [0.15, 0.2) is 0 Å². The summed E-state index contributed by atoms with van der Waals surface area (Å²) in [5.74, 6) is 0.814. The highest BCUT2D eigenvalue weighted by Gasteiger charge is 2.23. The van der Waals surface area contributed by atoms with Crippen molar-refractivity contribution in [1.82, 2.24) is 10.3 Å². The van der Waals surface area contributed by atoms with E-state index < -0.39 is 0 Å². The molecule has 2 nitrogen and oxygen atoms in total. The fraction of sp³-hybridized carbons (Fsp3) is 0.583. The molecule has 1 aromatic rings. The molecule has 76 valence electrons. The van der Waals surface area contributed by atoms with Gasteiger partial charge in [-0.05, 0) is 42.9 Å². The monoisotopic (exact) mass is 190 g/mol. The van der Waals surface area contributed by atoms with Crippen LogP contribution in [-0.4, -0.2) is 11.5 Å². The van der Waals surface area contributed by atoms with Crippen LogP contribution >= 0.6 is 0 Å². The zero-order chi connectivity index (χ0) is 9.80. The first-order valence-electron chi connectivity index (χ1n) is 5.54. The predicted octanol–water partition coefficient (Wildman–Crippen LogP) is 2.46. The lowest BCUT2D eigenvalue weighted by Gasteiger charge is -2.04. The molecule has 1 aromatic heterocycles. The molecular weight excluding hydrogens is 172 g/mol. The molecule has 2 rings (SSSR count). The molecule has 0 bridgehead atoms. The highest BCUT2D eigenvalue weighted by Crippen LogP contribution is 2.39. The Kier molecular flexibility index (Phi) is 3.14. The molecule has 2 heteroatoms. The Morgan fingerprint density at radius 3 is 3.00 bits per heavy atom. The van der Waals surface area contributed by atoms with Crippen LogP contribution in [0.25, 0.3) is 0 Å². The summed E-state index contributed by atoms with van der Waals surface area (Å²) in [6, 6.07) is 2.30. The third-order valence-electron chi connectivity index (χ3n) is 2.62. The minimum atomic E-state index is 0.814. The van der Waals surface area contributed by atoms with Crippen LogP contribution in [0.5, 0.6) is 0 Å². The second kappa shape index (κ2) is 4.56. The van der Waals surface area contributed by atoms with Crippen LogP contribution in [0.1, 0.15) is 43.2 Å². The summed E-state index contributed by atoms with van der Waals surface area (Å²) in [6.07, 6.45) is 7.88. The predicted molar refractivity (Wildman–Crippen MR) is 58.2 cm³/mol. The highest BCUT2D eigenvalue weighted by atomic mass is 14.8. The topological polar surface area (TPSA) is 24.9 Å². The van der Waals surface area contributed by atoms with Crippen LogP contribution in [-0.2, 0) is 6.54 Å². The molecule has 0 radical (unpaired) electrons. The number of rotatable bonds is 5. The molecule has 0 spiro atoms. The van der Waals surface area contributed by atoms with Crippen molar-refractivity contribution in [2.75, 3.05) is 6.54 Å². The molecule has 1 aliphatic carbocycles. The highest BCUT2D eigenvalue weighted by molar-refractivity contribution is 5.24. The van der Waals surface area contributed by atoms with Crippen LogP contribution < -0.4 is 5.32 Å². The third-order valence-corrected chi connectivity index (χ3v) is 2.62. The lowest BCUT2D eigenvalue weighted by molar-refractivity contribution is 0.673. The first-order chi connectivity index (χ1) is 6.90. The van der Waals surface area contributed by atoms with E-state index in [0.29, 0.717) is 0 Å². The maximum absolute atomic E-state index is 4.28. The number of hydrogen-bond acceptors (Lipinski definition) is 2. The molecule has 1 aliphatic rings. The van der Waals surface area contributed by atoms with Crippen molar-refractivity contribution in [2.24, 2.45) is 0 Å². The first kappa shape index (κ1) is 9.66. The van der Waals surface area contributed by atoms with Gasteiger partial charge in [-0.2, -0.15) is 0 Å². The van der Waals surface area contributed by atoms with Crippen molar-refractivity contribution < 1.29 is 0 Å². The van der Waals surface area contributed by atoms with E-state index >= 15 is 0 Å². The molecule has 1 heterocycles. The Hall–Kier alpha value is -0.890. The van der Waals surface area contributed by atoms with Gasteiger partial charge in [-0.25, -0.2) is 0 Å². The summed E-state index contributed by atoms with van der Waals surface area (Å²) in [5.41, 5.74) is 2.75. The molecule has 14 heavy (non-hydrogen) atoms. The Bertz CT molecular complexity index is 292. The minimum absolute atomic E-state index is 0.814.